The minimum atomic E-state index is 0.717. The van der Waals surface area contributed by atoms with Crippen LogP contribution in [0.3, 0.4) is 0 Å². The van der Waals surface area contributed by atoms with E-state index < -0.39 is 0 Å². The number of hydrogen-bond donors (Lipinski definition) is 0. The molecule has 1 saturated carbocycles. The number of aromatic nitrogens is 2. The Morgan fingerprint density at radius 3 is 2.89 bits per heavy atom. The van der Waals surface area contributed by atoms with Crippen molar-refractivity contribution in [2.24, 2.45) is 5.92 Å². The predicted molar refractivity (Wildman–Crippen MR) is 85.9 cm³/mol. The number of anilines is 1. The monoisotopic (exact) mass is 383 g/mol. The van der Waals surface area contributed by atoms with Crippen LogP contribution in [0, 0.1) is 5.92 Å². The van der Waals surface area contributed by atoms with Crippen LogP contribution in [0.1, 0.15) is 12.8 Å². The maximum absolute atomic E-state index is 4.51. The van der Waals surface area contributed by atoms with E-state index >= 15 is 0 Å². The van der Waals surface area contributed by atoms with Crippen LogP contribution in [0.5, 0.6) is 0 Å². The Bertz CT molecular complexity index is 596. The third-order valence-electron chi connectivity index (χ3n) is 3.64. The molecule has 19 heavy (non-hydrogen) atoms. The number of fused-ring (bicyclic) bond motifs is 1. The Morgan fingerprint density at radius 2 is 2.16 bits per heavy atom. The minimum absolute atomic E-state index is 0.717. The maximum Gasteiger partial charge on any atom is 0.112 e. The fourth-order valence-electron chi connectivity index (χ4n) is 2.59. The molecule has 0 aromatic carbocycles. The Labute approximate surface area is 129 Å². The van der Waals surface area contributed by atoms with E-state index in [4.69, 9.17) is 0 Å². The molecular weight excluding hydrogens is 370 g/mol. The summed E-state index contributed by atoms with van der Waals surface area (Å²) in [5.41, 5.74) is 3.07. The van der Waals surface area contributed by atoms with E-state index in [0.29, 0.717) is 4.83 Å². The SMILES string of the molecule is CN(CC1CC(Br)C1)c1ccnc2cc(Br)cnc12. The molecule has 0 radical (unpaired) electrons. The molecule has 1 fully saturated rings. The lowest BCUT2D eigenvalue weighted by Crippen LogP contribution is -2.34. The van der Waals surface area contributed by atoms with Gasteiger partial charge in [-0.2, -0.15) is 0 Å². The Balaban J connectivity index is 1.87. The van der Waals surface area contributed by atoms with Gasteiger partial charge in [0.1, 0.15) is 5.52 Å². The van der Waals surface area contributed by atoms with Crippen LogP contribution in [0.15, 0.2) is 29.0 Å². The van der Waals surface area contributed by atoms with Gasteiger partial charge in [0.05, 0.1) is 11.2 Å². The predicted octanol–water partition coefficient (Wildman–Crippen LogP) is 4.00. The lowest BCUT2D eigenvalue weighted by atomic mass is 9.85. The quantitative estimate of drug-likeness (QED) is 0.749. The van der Waals surface area contributed by atoms with Crippen LogP contribution < -0.4 is 4.90 Å². The summed E-state index contributed by atoms with van der Waals surface area (Å²) in [7, 11) is 2.14. The van der Waals surface area contributed by atoms with Crippen LogP contribution in [0.4, 0.5) is 5.69 Å². The third-order valence-corrected chi connectivity index (χ3v) is 4.83. The fraction of sp³-hybridized carbons (Fsp3) is 0.429. The highest BCUT2D eigenvalue weighted by molar-refractivity contribution is 9.10. The third kappa shape index (κ3) is 2.77. The van der Waals surface area contributed by atoms with Gasteiger partial charge < -0.3 is 4.90 Å². The second-order valence-electron chi connectivity index (χ2n) is 5.17. The zero-order valence-electron chi connectivity index (χ0n) is 10.7. The van der Waals surface area contributed by atoms with Crippen molar-refractivity contribution in [3.8, 4) is 0 Å². The zero-order chi connectivity index (χ0) is 13.4. The summed E-state index contributed by atoms with van der Waals surface area (Å²) >= 11 is 7.09. The second kappa shape index (κ2) is 5.37. The van der Waals surface area contributed by atoms with E-state index in [1.807, 2.05) is 24.5 Å². The number of alkyl halides is 1. The first-order valence-corrected chi connectivity index (χ1v) is 8.10. The van der Waals surface area contributed by atoms with Crippen molar-refractivity contribution in [1.82, 2.24) is 9.97 Å². The summed E-state index contributed by atoms with van der Waals surface area (Å²) in [5, 5.41) is 0. The molecule has 1 aliphatic rings. The first-order chi connectivity index (χ1) is 9.13. The summed E-state index contributed by atoms with van der Waals surface area (Å²) in [5.74, 6) is 0.785. The number of hydrogen-bond acceptors (Lipinski definition) is 3. The van der Waals surface area contributed by atoms with Gasteiger partial charge in [0.2, 0.25) is 0 Å². The van der Waals surface area contributed by atoms with Crippen LogP contribution in [0.25, 0.3) is 11.0 Å². The standard InChI is InChI=1S/C14H15Br2N3/c1-19(8-9-4-10(15)5-9)13-2-3-17-12-6-11(16)7-18-14(12)13/h2-3,6-7,9-10H,4-5,8H2,1H3. The van der Waals surface area contributed by atoms with Crippen LogP contribution in [-0.2, 0) is 0 Å². The first kappa shape index (κ1) is 13.3. The van der Waals surface area contributed by atoms with Crippen LogP contribution >= 0.6 is 31.9 Å². The maximum atomic E-state index is 4.51. The van der Waals surface area contributed by atoms with Gasteiger partial charge >= 0.3 is 0 Å². The molecule has 0 bridgehead atoms. The molecule has 2 aromatic rings. The first-order valence-electron chi connectivity index (χ1n) is 6.39. The molecule has 3 nitrogen and oxygen atoms in total. The molecule has 0 aliphatic heterocycles. The lowest BCUT2D eigenvalue weighted by molar-refractivity contribution is 0.339. The molecule has 2 heterocycles. The summed E-state index contributed by atoms with van der Waals surface area (Å²) in [6.07, 6.45) is 6.23. The van der Waals surface area contributed by atoms with Crippen molar-refractivity contribution >= 4 is 48.6 Å². The van der Waals surface area contributed by atoms with Gasteiger partial charge in [0, 0.05) is 35.3 Å². The molecule has 5 heteroatoms. The van der Waals surface area contributed by atoms with Crippen molar-refractivity contribution in [3.05, 3.63) is 29.0 Å². The Hall–Kier alpha value is -0.680. The van der Waals surface area contributed by atoms with Crippen molar-refractivity contribution in [1.29, 1.82) is 0 Å². The van der Waals surface area contributed by atoms with Crippen molar-refractivity contribution < 1.29 is 0 Å². The normalized spacial score (nSPS) is 22.3. The average molecular weight is 385 g/mol. The molecule has 0 amide bonds. The van der Waals surface area contributed by atoms with Crippen molar-refractivity contribution in [2.45, 2.75) is 17.7 Å². The van der Waals surface area contributed by atoms with Crippen LogP contribution in [-0.4, -0.2) is 28.4 Å². The molecule has 3 rings (SSSR count). The van der Waals surface area contributed by atoms with Gasteiger partial charge in [-0.05, 0) is 46.8 Å². The number of rotatable bonds is 3. The number of halogens is 2. The number of pyridine rings is 2. The average Bonchev–Trinajstić information content (AvgIpc) is 2.35. The summed E-state index contributed by atoms with van der Waals surface area (Å²) in [6, 6.07) is 4.06. The zero-order valence-corrected chi connectivity index (χ0v) is 13.9. The molecule has 2 aromatic heterocycles. The van der Waals surface area contributed by atoms with E-state index in [0.717, 1.165) is 33.7 Å². The highest BCUT2D eigenvalue weighted by Crippen LogP contribution is 2.35. The van der Waals surface area contributed by atoms with E-state index in [-0.39, 0.29) is 0 Å². The molecule has 0 spiro atoms. The van der Waals surface area contributed by atoms with E-state index in [1.54, 1.807) is 0 Å². The molecule has 0 atom stereocenters. The summed E-state index contributed by atoms with van der Waals surface area (Å²) < 4.78 is 0.966. The van der Waals surface area contributed by atoms with Crippen LogP contribution in [0.2, 0.25) is 0 Å². The van der Waals surface area contributed by atoms with Gasteiger partial charge in [-0.3, -0.25) is 9.97 Å². The van der Waals surface area contributed by atoms with Gasteiger partial charge in [-0.25, -0.2) is 0 Å². The van der Waals surface area contributed by atoms with Gasteiger partial charge in [-0.15, -0.1) is 0 Å². The second-order valence-corrected chi connectivity index (χ2v) is 7.38. The Kier molecular flexibility index (Phi) is 3.76. The van der Waals surface area contributed by atoms with E-state index in [2.05, 4.69) is 53.8 Å². The molecule has 0 N–H and O–H groups in total. The molecule has 100 valence electrons. The molecule has 1 aliphatic carbocycles. The largest absolute Gasteiger partial charge is 0.372 e. The minimum Gasteiger partial charge on any atom is -0.372 e. The number of nitrogens with zero attached hydrogens (tertiary/aromatic N) is 3. The Morgan fingerprint density at radius 1 is 1.37 bits per heavy atom. The summed E-state index contributed by atoms with van der Waals surface area (Å²) in [6.45, 7) is 1.08. The lowest BCUT2D eigenvalue weighted by Gasteiger charge is -2.35. The van der Waals surface area contributed by atoms with Gasteiger partial charge in [0.15, 0.2) is 0 Å². The molecular formula is C14H15Br2N3. The highest BCUT2D eigenvalue weighted by Gasteiger charge is 2.28. The van der Waals surface area contributed by atoms with Gasteiger partial charge in [0.25, 0.3) is 0 Å². The molecule has 0 saturated heterocycles. The summed E-state index contributed by atoms with van der Waals surface area (Å²) in [4.78, 5) is 11.9. The van der Waals surface area contributed by atoms with Gasteiger partial charge in [-0.1, -0.05) is 15.9 Å². The molecule has 0 unspecified atom stereocenters. The van der Waals surface area contributed by atoms with E-state index in [9.17, 15) is 0 Å². The van der Waals surface area contributed by atoms with Crippen molar-refractivity contribution in [2.75, 3.05) is 18.5 Å². The topological polar surface area (TPSA) is 29.0 Å². The van der Waals surface area contributed by atoms with E-state index in [1.165, 1.54) is 12.8 Å². The fourth-order valence-corrected chi connectivity index (χ4v) is 3.97. The highest BCUT2D eigenvalue weighted by atomic mass is 79.9. The van der Waals surface area contributed by atoms with Crippen molar-refractivity contribution in [3.63, 3.8) is 0 Å². The smallest absolute Gasteiger partial charge is 0.112 e.